The van der Waals surface area contributed by atoms with Gasteiger partial charge in [0, 0.05) is 19.6 Å². The molecular formula is C16H22N2O4S. The SMILES string of the molecule is C=CCNC(=O)C1CCCN(S(=O)(=O)c2ccc(OC)cc2)C1. The Bertz CT molecular complexity index is 655. The van der Waals surface area contributed by atoms with Crippen LogP contribution in [0.4, 0.5) is 0 Å². The number of sulfonamides is 1. The van der Waals surface area contributed by atoms with Gasteiger partial charge in [0.25, 0.3) is 0 Å². The van der Waals surface area contributed by atoms with Gasteiger partial charge in [0.15, 0.2) is 0 Å². The number of methoxy groups -OCH3 is 1. The third kappa shape index (κ3) is 4.11. The molecule has 0 radical (unpaired) electrons. The van der Waals surface area contributed by atoms with Crippen molar-refractivity contribution < 1.29 is 17.9 Å². The van der Waals surface area contributed by atoms with Crippen LogP contribution in [0.15, 0.2) is 41.8 Å². The van der Waals surface area contributed by atoms with Crippen molar-refractivity contribution in [3.63, 3.8) is 0 Å². The fourth-order valence-electron chi connectivity index (χ4n) is 2.59. The lowest BCUT2D eigenvalue weighted by atomic mass is 9.99. The molecule has 6 nitrogen and oxygen atoms in total. The minimum atomic E-state index is -3.60. The summed E-state index contributed by atoms with van der Waals surface area (Å²) >= 11 is 0. The molecule has 1 aromatic carbocycles. The molecule has 0 aromatic heterocycles. The topological polar surface area (TPSA) is 75.7 Å². The Morgan fingerprint density at radius 1 is 1.43 bits per heavy atom. The normalized spacial score (nSPS) is 19.1. The highest BCUT2D eigenvalue weighted by Crippen LogP contribution is 2.25. The molecule has 7 heteroatoms. The zero-order valence-corrected chi connectivity index (χ0v) is 14.0. The maximum absolute atomic E-state index is 12.7. The average molecular weight is 338 g/mol. The van der Waals surface area contributed by atoms with Gasteiger partial charge in [0.05, 0.1) is 17.9 Å². The van der Waals surface area contributed by atoms with Gasteiger partial charge in [0.1, 0.15) is 5.75 Å². The van der Waals surface area contributed by atoms with E-state index in [1.165, 1.54) is 23.5 Å². The zero-order valence-electron chi connectivity index (χ0n) is 13.2. The monoisotopic (exact) mass is 338 g/mol. The predicted molar refractivity (Wildman–Crippen MR) is 87.7 cm³/mol. The Balaban J connectivity index is 2.12. The molecule has 1 heterocycles. The molecule has 1 fully saturated rings. The van der Waals surface area contributed by atoms with Crippen molar-refractivity contribution in [3.05, 3.63) is 36.9 Å². The van der Waals surface area contributed by atoms with Gasteiger partial charge in [-0.25, -0.2) is 8.42 Å². The summed E-state index contributed by atoms with van der Waals surface area (Å²) in [6.45, 7) is 4.58. The molecule has 0 aliphatic carbocycles. The van der Waals surface area contributed by atoms with Crippen molar-refractivity contribution in [1.29, 1.82) is 0 Å². The average Bonchev–Trinajstić information content (AvgIpc) is 2.59. The summed E-state index contributed by atoms with van der Waals surface area (Å²) in [6, 6.07) is 6.28. The van der Waals surface area contributed by atoms with E-state index in [2.05, 4.69) is 11.9 Å². The van der Waals surface area contributed by atoms with E-state index in [1.807, 2.05) is 0 Å². The van der Waals surface area contributed by atoms with Crippen LogP contribution < -0.4 is 10.1 Å². The number of hydrogen-bond donors (Lipinski definition) is 1. The van der Waals surface area contributed by atoms with Crippen molar-refractivity contribution in [3.8, 4) is 5.75 Å². The molecule has 126 valence electrons. The summed E-state index contributed by atoms with van der Waals surface area (Å²) in [6.07, 6.45) is 2.96. The summed E-state index contributed by atoms with van der Waals surface area (Å²) in [7, 11) is -2.07. The van der Waals surface area contributed by atoms with Gasteiger partial charge in [-0.3, -0.25) is 4.79 Å². The van der Waals surface area contributed by atoms with Crippen LogP contribution >= 0.6 is 0 Å². The molecule has 1 amide bonds. The Morgan fingerprint density at radius 3 is 2.74 bits per heavy atom. The molecule has 1 aliphatic rings. The summed E-state index contributed by atoms with van der Waals surface area (Å²) < 4.78 is 31.8. The van der Waals surface area contributed by atoms with Crippen LogP contribution in [0.25, 0.3) is 0 Å². The van der Waals surface area contributed by atoms with Crippen LogP contribution in [0, 0.1) is 5.92 Å². The number of piperidine rings is 1. The first-order chi connectivity index (χ1) is 11.0. The van der Waals surface area contributed by atoms with E-state index in [-0.39, 0.29) is 23.3 Å². The van der Waals surface area contributed by atoms with Crippen LogP contribution in [0.3, 0.4) is 0 Å². The van der Waals surface area contributed by atoms with Crippen LogP contribution in [-0.4, -0.2) is 45.4 Å². The summed E-state index contributed by atoms with van der Waals surface area (Å²) in [5, 5.41) is 2.73. The molecule has 1 atom stereocenters. The number of nitrogens with zero attached hydrogens (tertiary/aromatic N) is 1. The maximum Gasteiger partial charge on any atom is 0.243 e. The number of benzene rings is 1. The van der Waals surface area contributed by atoms with E-state index in [4.69, 9.17) is 4.74 Å². The Morgan fingerprint density at radius 2 is 2.13 bits per heavy atom. The molecule has 0 bridgehead atoms. The number of carbonyl (C=O) groups excluding carboxylic acids is 1. The van der Waals surface area contributed by atoms with Crippen LogP contribution in [0.2, 0.25) is 0 Å². The quantitative estimate of drug-likeness (QED) is 0.796. The number of amides is 1. The molecule has 2 rings (SSSR count). The second-order valence-electron chi connectivity index (χ2n) is 5.41. The number of ether oxygens (including phenoxy) is 1. The fourth-order valence-corrected chi connectivity index (χ4v) is 4.11. The molecule has 1 saturated heterocycles. The van der Waals surface area contributed by atoms with E-state index >= 15 is 0 Å². The van der Waals surface area contributed by atoms with Gasteiger partial charge in [-0.15, -0.1) is 6.58 Å². The highest BCUT2D eigenvalue weighted by Gasteiger charge is 2.33. The Kier molecular flexibility index (Phi) is 5.79. The first kappa shape index (κ1) is 17.5. The third-order valence-corrected chi connectivity index (χ3v) is 5.75. The first-order valence-electron chi connectivity index (χ1n) is 7.52. The van der Waals surface area contributed by atoms with E-state index < -0.39 is 10.0 Å². The van der Waals surface area contributed by atoms with Gasteiger partial charge in [-0.05, 0) is 37.1 Å². The molecular weight excluding hydrogens is 316 g/mol. The standard InChI is InChI=1S/C16H22N2O4S/c1-3-10-17-16(19)13-5-4-11-18(12-13)23(20,21)15-8-6-14(22-2)7-9-15/h3,6-9,13H,1,4-5,10-12H2,2H3,(H,17,19). The van der Waals surface area contributed by atoms with Gasteiger partial charge >= 0.3 is 0 Å². The zero-order chi connectivity index (χ0) is 16.9. The fraction of sp³-hybridized carbons (Fsp3) is 0.438. The van der Waals surface area contributed by atoms with Gasteiger partial charge < -0.3 is 10.1 Å². The van der Waals surface area contributed by atoms with Crippen molar-refractivity contribution in [2.45, 2.75) is 17.7 Å². The van der Waals surface area contributed by atoms with Gasteiger partial charge in [-0.2, -0.15) is 4.31 Å². The van der Waals surface area contributed by atoms with E-state index in [0.29, 0.717) is 31.7 Å². The highest BCUT2D eigenvalue weighted by atomic mass is 32.2. The molecule has 1 N–H and O–H groups in total. The third-order valence-electron chi connectivity index (χ3n) is 3.87. The first-order valence-corrected chi connectivity index (χ1v) is 8.96. The summed E-state index contributed by atoms with van der Waals surface area (Å²) in [5.41, 5.74) is 0. The predicted octanol–water partition coefficient (Wildman–Crippen LogP) is 1.40. The molecule has 1 aliphatic heterocycles. The number of rotatable bonds is 6. The van der Waals surface area contributed by atoms with Gasteiger partial charge in [0.2, 0.25) is 15.9 Å². The lowest BCUT2D eigenvalue weighted by Gasteiger charge is -2.31. The molecule has 23 heavy (non-hydrogen) atoms. The minimum absolute atomic E-state index is 0.125. The number of hydrogen-bond acceptors (Lipinski definition) is 4. The van der Waals surface area contributed by atoms with Gasteiger partial charge in [-0.1, -0.05) is 6.08 Å². The van der Waals surface area contributed by atoms with E-state index in [9.17, 15) is 13.2 Å². The van der Waals surface area contributed by atoms with Crippen LogP contribution in [0.1, 0.15) is 12.8 Å². The van der Waals surface area contributed by atoms with Crippen molar-refractivity contribution in [2.75, 3.05) is 26.7 Å². The van der Waals surface area contributed by atoms with E-state index in [1.54, 1.807) is 18.2 Å². The Hall–Kier alpha value is -1.86. The lowest BCUT2D eigenvalue weighted by molar-refractivity contribution is -0.125. The number of carbonyl (C=O) groups is 1. The minimum Gasteiger partial charge on any atom is -0.497 e. The second-order valence-corrected chi connectivity index (χ2v) is 7.35. The Labute approximate surface area is 137 Å². The highest BCUT2D eigenvalue weighted by molar-refractivity contribution is 7.89. The van der Waals surface area contributed by atoms with Crippen LogP contribution in [0.5, 0.6) is 5.75 Å². The van der Waals surface area contributed by atoms with Crippen LogP contribution in [-0.2, 0) is 14.8 Å². The summed E-state index contributed by atoms with van der Waals surface area (Å²) in [5.74, 6) is 0.153. The molecule has 1 unspecified atom stereocenters. The lowest BCUT2D eigenvalue weighted by Crippen LogP contribution is -2.45. The molecule has 1 aromatic rings. The second kappa shape index (κ2) is 7.61. The molecule has 0 spiro atoms. The largest absolute Gasteiger partial charge is 0.497 e. The maximum atomic E-state index is 12.7. The van der Waals surface area contributed by atoms with E-state index in [0.717, 1.165) is 0 Å². The summed E-state index contributed by atoms with van der Waals surface area (Å²) in [4.78, 5) is 12.3. The van der Waals surface area contributed by atoms with Crippen molar-refractivity contribution >= 4 is 15.9 Å². The number of nitrogens with one attached hydrogen (secondary N) is 1. The smallest absolute Gasteiger partial charge is 0.243 e. The van der Waals surface area contributed by atoms with Crippen molar-refractivity contribution in [2.24, 2.45) is 5.92 Å². The van der Waals surface area contributed by atoms with Crippen molar-refractivity contribution in [1.82, 2.24) is 9.62 Å². The molecule has 0 saturated carbocycles.